The predicted molar refractivity (Wildman–Crippen MR) is 95.1 cm³/mol. The highest BCUT2D eigenvalue weighted by Crippen LogP contribution is 2.34. The third-order valence-corrected chi connectivity index (χ3v) is 3.88. The van der Waals surface area contributed by atoms with E-state index in [0.717, 1.165) is 22.7 Å². The highest BCUT2D eigenvalue weighted by Gasteiger charge is 2.13. The van der Waals surface area contributed by atoms with Gasteiger partial charge in [-0.1, -0.05) is 17.7 Å². The lowest BCUT2D eigenvalue weighted by molar-refractivity contribution is 0.174. The van der Waals surface area contributed by atoms with E-state index in [1.165, 1.54) is 0 Å². The molecule has 1 aliphatic heterocycles. The van der Waals surface area contributed by atoms with E-state index in [2.05, 4.69) is 25.8 Å². The number of rotatable bonds is 4. The molecule has 25 heavy (non-hydrogen) atoms. The van der Waals surface area contributed by atoms with Gasteiger partial charge in [-0.25, -0.2) is 0 Å². The third kappa shape index (κ3) is 3.41. The topological polar surface area (TPSA) is 81.2 Å². The lowest BCUT2D eigenvalue weighted by Gasteiger charge is -2.10. The Morgan fingerprint density at radius 3 is 2.84 bits per heavy atom. The number of nitrogens with one attached hydrogen (secondary N) is 2. The third-order valence-electron chi connectivity index (χ3n) is 3.65. The van der Waals surface area contributed by atoms with Crippen LogP contribution in [0.1, 0.15) is 5.56 Å². The number of nitrogens with zero attached hydrogens (tertiary/aromatic N) is 3. The van der Waals surface area contributed by atoms with Crippen LogP contribution < -0.4 is 20.1 Å². The second kappa shape index (κ2) is 6.45. The van der Waals surface area contributed by atoms with Crippen molar-refractivity contribution in [1.29, 1.82) is 0 Å². The summed E-state index contributed by atoms with van der Waals surface area (Å²) in [7, 11) is 0. The van der Waals surface area contributed by atoms with E-state index in [1.807, 2.05) is 43.3 Å². The van der Waals surface area contributed by atoms with Crippen LogP contribution in [0.25, 0.3) is 0 Å². The number of hydrogen-bond acceptors (Lipinski definition) is 7. The van der Waals surface area contributed by atoms with Crippen molar-refractivity contribution in [2.75, 3.05) is 17.4 Å². The number of ether oxygens (including phenoxy) is 2. The van der Waals surface area contributed by atoms with Gasteiger partial charge < -0.3 is 20.1 Å². The first-order valence-electron chi connectivity index (χ1n) is 7.57. The van der Waals surface area contributed by atoms with Crippen LogP contribution in [0.2, 0.25) is 5.02 Å². The minimum absolute atomic E-state index is 0.231. The number of aryl methyl sites for hydroxylation is 1. The van der Waals surface area contributed by atoms with Crippen LogP contribution in [0, 0.1) is 6.92 Å². The van der Waals surface area contributed by atoms with Crippen molar-refractivity contribution >= 4 is 34.7 Å². The van der Waals surface area contributed by atoms with E-state index in [-0.39, 0.29) is 6.79 Å². The molecule has 0 bridgehead atoms. The van der Waals surface area contributed by atoms with Gasteiger partial charge in [-0.05, 0) is 36.8 Å². The molecule has 0 amide bonds. The van der Waals surface area contributed by atoms with Gasteiger partial charge in [0.15, 0.2) is 17.3 Å². The second-order valence-corrected chi connectivity index (χ2v) is 5.88. The monoisotopic (exact) mass is 355 g/mol. The Balaban J connectivity index is 1.54. The van der Waals surface area contributed by atoms with Gasteiger partial charge in [0.2, 0.25) is 12.7 Å². The maximum Gasteiger partial charge on any atom is 0.249 e. The molecule has 7 nitrogen and oxygen atoms in total. The second-order valence-electron chi connectivity index (χ2n) is 5.44. The smallest absolute Gasteiger partial charge is 0.249 e. The summed E-state index contributed by atoms with van der Waals surface area (Å²) in [6, 6.07) is 11.1. The molecule has 3 aromatic rings. The fourth-order valence-corrected chi connectivity index (χ4v) is 2.56. The first-order valence-corrected chi connectivity index (χ1v) is 7.95. The number of halogens is 1. The average Bonchev–Trinajstić information content (AvgIpc) is 3.06. The standard InChI is InChI=1S/C17H14ClN5O2/c1-10-2-3-11(18)6-13(10)21-16-8-19-23-17(22-16)20-12-4-5-14-15(7-12)25-9-24-14/h2-8H,9H2,1H3,(H2,20,21,22,23). The summed E-state index contributed by atoms with van der Waals surface area (Å²) in [5.41, 5.74) is 2.69. The Morgan fingerprint density at radius 2 is 1.92 bits per heavy atom. The van der Waals surface area contributed by atoms with Gasteiger partial charge in [-0.2, -0.15) is 10.1 Å². The lowest BCUT2D eigenvalue weighted by Crippen LogP contribution is -2.03. The fraction of sp³-hybridized carbons (Fsp3) is 0.118. The fourth-order valence-electron chi connectivity index (χ4n) is 2.39. The minimum Gasteiger partial charge on any atom is -0.454 e. The summed E-state index contributed by atoms with van der Waals surface area (Å²) in [4.78, 5) is 4.42. The van der Waals surface area contributed by atoms with Crippen LogP contribution in [0.15, 0.2) is 42.6 Å². The summed E-state index contributed by atoms with van der Waals surface area (Å²) in [6.45, 7) is 2.22. The van der Waals surface area contributed by atoms with E-state index in [4.69, 9.17) is 21.1 Å². The molecule has 126 valence electrons. The Morgan fingerprint density at radius 1 is 1.04 bits per heavy atom. The van der Waals surface area contributed by atoms with Crippen LogP contribution >= 0.6 is 11.6 Å². The molecular formula is C17H14ClN5O2. The van der Waals surface area contributed by atoms with Gasteiger partial charge in [0.05, 0.1) is 6.20 Å². The highest BCUT2D eigenvalue weighted by atomic mass is 35.5. The molecule has 0 saturated carbocycles. The number of benzene rings is 2. The Bertz CT molecular complexity index is 935. The molecule has 1 aromatic heterocycles. The molecule has 2 aromatic carbocycles. The van der Waals surface area contributed by atoms with Gasteiger partial charge in [-0.15, -0.1) is 5.10 Å². The van der Waals surface area contributed by atoms with E-state index >= 15 is 0 Å². The van der Waals surface area contributed by atoms with Gasteiger partial charge in [0.1, 0.15) is 0 Å². The molecule has 0 fully saturated rings. The minimum atomic E-state index is 0.231. The summed E-state index contributed by atoms with van der Waals surface area (Å²) in [5.74, 6) is 2.32. The molecule has 0 radical (unpaired) electrons. The summed E-state index contributed by atoms with van der Waals surface area (Å²) >= 11 is 6.05. The van der Waals surface area contributed by atoms with E-state index < -0.39 is 0 Å². The molecule has 0 unspecified atom stereocenters. The normalized spacial score (nSPS) is 12.1. The quantitative estimate of drug-likeness (QED) is 0.730. The molecule has 2 heterocycles. The van der Waals surface area contributed by atoms with Gasteiger partial charge in [-0.3, -0.25) is 0 Å². The van der Waals surface area contributed by atoms with E-state index in [0.29, 0.717) is 22.5 Å². The Labute approximate surface area is 149 Å². The molecule has 2 N–H and O–H groups in total. The predicted octanol–water partition coefficient (Wildman–Crippen LogP) is 4.05. The molecule has 1 aliphatic rings. The maximum absolute atomic E-state index is 6.05. The van der Waals surface area contributed by atoms with Crippen molar-refractivity contribution in [1.82, 2.24) is 15.2 Å². The molecular weight excluding hydrogens is 342 g/mol. The molecule has 0 aliphatic carbocycles. The molecule has 0 saturated heterocycles. The summed E-state index contributed by atoms with van der Waals surface area (Å²) in [6.07, 6.45) is 1.55. The summed E-state index contributed by atoms with van der Waals surface area (Å²) < 4.78 is 10.7. The summed E-state index contributed by atoms with van der Waals surface area (Å²) in [5, 5.41) is 14.9. The van der Waals surface area contributed by atoms with Crippen molar-refractivity contribution in [2.45, 2.75) is 6.92 Å². The van der Waals surface area contributed by atoms with Crippen molar-refractivity contribution < 1.29 is 9.47 Å². The van der Waals surface area contributed by atoms with Gasteiger partial charge >= 0.3 is 0 Å². The van der Waals surface area contributed by atoms with Crippen molar-refractivity contribution in [3.8, 4) is 11.5 Å². The van der Waals surface area contributed by atoms with Crippen molar-refractivity contribution in [3.05, 3.63) is 53.2 Å². The Hall–Kier alpha value is -3.06. The van der Waals surface area contributed by atoms with Crippen molar-refractivity contribution in [2.24, 2.45) is 0 Å². The molecule has 0 atom stereocenters. The number of fused-ring (bicyclic) bond motifs is 1. The number of anilines is 4. The zero-order valence-electron chi connectivity index (χ0n) is 13.3. The first kappa shape index (κ1) is 15.5. The maximum atomic E-state index is 6.05. The van der Waals surface area contributed by atoms with Crippen LogP contribution in [-0.4, -0.2) is 22.0 Å². The average molecular weight is 356 g/mol. The van der Waals surface area contributed by atoms with E-state index in [1.54, 1.807) is 6.20 Å². The Kier molecular flexibility index (Phi) is 3.99. The highest BCUT2D eigenvalue weighted by molar-refractivity contribution is 6.30. The van der Waals surface area contributed by atoms with Gasteiger partial charge in [0.25, 0.3) is 0 Å². The SMILES string of the molecule is Cc1ccc(Cl)cc1Nc1cnnc(Nc2ccc3c(c2)OCO3)n1. The zero-order chi connectivity index (χ0) is 17.2. The lowest BCUT2D eigenvalue weighted by atomic mass is 10.2. The van der Waals surface area contributed by atoms with E-state index in [9.17, 15) is 0 Å². The van der Waals surface area contributed by atoms with Crippen LogP contribution in [0.5, 0.6) is 11.5 Å². The number of hydrogen-bond donors (Lipinski definition) is 2. The molecule has 4 rings (SSSR count). The zero-order valence-corrected chi connectivity index (χ0v) is 14.0. The van der Waals surface area contributed by atoms with Gasteiger partial charge in [0, 0.05) is 22.5 Å². The molecule has 8 heteroatoms. The van der Waals surface area contributed by atoms with Crippen LogP contribution in [0.3, 0.4) is 0 Å². The molecule has 0 spiro atoms. The largest absolute Gasteiger partial charge is 0.454 e. The first-order chi connectivity index (χ1) is 12.2. The number of aromatic nitrogens is 3. The van der Waals surface area contributed by atoms with Crippen molar-refractivity contribution in [3.63, 3.8) is 0 Å². The van der Waals surface area contributed by atoms with Crippen LogP contribution in [-0.2, 0) is 0 Å². The van der Waals surface area contributed by atoms with Crippen LogP contribution in [0.4, 0.5) is 23.1 Å².